The van der Waals surface area contributed by atoms with Crippen LogP contribution in [0.2, 0.25) is 5.02 Å². The number of nitrogens with zero attached hydrogens (tertiary/aromatic N) is 2. The highest BCUT2D eigenvalue weighted by molar-refractivity contribution is 6.32. The second-order valence-corrected chi connectivity index (χ2v) is 3.84. The van der Waals surface area contributed by atoms with E-state index in [1.807, 2.05) is 18.2 Å². The number of hydrogen-bond donors (Lipinski definition) is 0. The van der Waals surface area contributed by atoms with Gasteiger partial charge in [0, 0.05) is 22.2 Å². The van der Waals surface area contributed by atoms with Crippen molar-refractivity contribution in [3.05, 3.63) is 41.0 Å². The monoisotopic (exact) mass is 232 g/mol. The van der Waals surface area contributed by atoms with Gasteiger partial charge in [0.25, 0.3) is 0 Å². The van der Waals surface area contributed by atoms with Crippen LogP contribution < -0.4 is 0 Å². The van der Waals surface area contributed by atoms with Crippen molar-refractivity contribution >= 4 is 28.6 Å². The second-order valence-electron chi connectivity index (χ2n) is 3.43. The molecule has 0 bridgehead atoms. The molecule has 0 aliphatic carbocycles. The van der Waals surface area contributed by atoms with Crippen LogP contribution in [0.25, 0.3) is 10.9 Å². The number of isocyanates is 1. The van der Waals surface area contributed by atoms with Crippen molar-refractivity contribution in [1.29, 1.82) is 0 Å². The highest BCUT2D eigenvalue weighted by Gasteiger charge is 2.13. The molecule has 0 amide bonds. The minimum atomic E-state index is -0.330. The van der Waals surface area contributed by atoms with Crippen LogP contribution in [0.3, 0.4) is 0 Å². The standard InChI is InChI=1S/C12H9ClN2O/c1-8(15-7-16)11-10(13)5-4-9-3-2-6-14-12(9)11/h2-6,8H,1H3. The zero-order valence-electron chi connectivity index (χ0n) is 8.64. The molecular formula is C12H9ClN2O. The first kappa shape index (κ1) is 10.8. The van der Waals surface area contributed by atoms with Gasteiger partial charge in [0.2, 0.25) is 6.08 Å². The first-order valence-corrected chi connectivity index (χ1v) is 5.22. The Morgan fingerprint density at radius 1 is 1.44 bits per heavy atom. The molecule has 0 aliphatic heterocycles. The molecule has 0 aliphatic rings. The van der Waals surface area contributed by atoms with E-state index in [1.54, 1.807) is 25.3 Å². The summed E-state index contributed by atoms with van der Waals surface area (Å²) in [4.78, 5) is 18.2. The predicted octanol–water partition coefficient (Wildman–Crippen LogP) is 3.29. The molecule has 1 atom stereocenters. The van der Waals surface area contributed by atoms with E-state index in [2.05, 4.69) is 9.98 Å². The summed E-state index contributed by atoms with van der Waals surface area (Å²) >= 11 is 6.10. The molecule has 0 saturated carbocycles. The molecule has 0 fully saturated rings. The molecule has 3 nitrogen and oxygen atoms in total. The SMILES string of the molecule is CC(N=C=O)c1c(Cl)ccc2cccnc12. The Hall–Kier alpha value is -1.70. The van der Waals surface area contributed by atoms with Gasteiger partial charge in [0.15, 0.2) is 0 Å². The number of pyridine rings is 1. The fourth-order valence-corrected chi connectivity index (χ4v) is 1.99. The van der Waals surface area contributed by atoms with Crippen LogP contribution in [-0.4, -0.2) is 11.1 Å². The van der Waals surface area contributed by atoms with E-state index in [4.69, 9.17) is 11.6 Å². The lowest BCUT2D eigenvalue weighted by atomic mass is 10.0. The van der Waals surface area contributed by atoms with E-state index in [1.165, 1.54) is 0 Å². The third-order valence-corrected chi connectivity index (χ3v) is 2.75. The van der Waals surface area contributed by atoms with Crippen molar-refractivity contribution in [3.63, 3.8) is 0 Å². The largest absolute Gasteiger partial charge is 0.256 e. The number of benzene rings is 1. The van der Waals surface area contributed by atoms with Crippen molar-refractivity contribution in [3.8, 4) is 0 Å². The molecule has 4 heteroatoms. The zero-order valence-corrected chi connectivity index (χ0v) is 9.40. The highest BCUT2D eigenvalue weighted by Crippen LogP contribution is 2.31. The van der Waals surface area contributed by atoms with E-state index >= 15 is 0 Å². The zero-order chi connectivity index (χ0) is 11.5. The second kappa shape index (κ2) is 4.44. The fraction of sp³-hybridized carbons (Fsp3) is 0.167. The van der Waals surface area contributed by atoms with Crippen LogP contribution in [0.5, 0.6) is 0 Å². The first-order valence-electron chi connectivity index (χ1n) is 4.84. The maximum Gasteiger partial charge on any atom is 0.235 e. The maximum absolute atomic E-state index is 10.3. The van der Waals surface area contributed by atoms with Gasteiger partial charge in [-0.05, 0) is 19.1 Å². The Morgan fingerprint density at radius 2 is 2.25 bits per heavy atom. The van der Waals surface area contributed by atoms with Crippen LogP contribution in [0.15, 0.2) is 35.5 Å². The van der Waals surface area contributed by atoms with Gasteiger partial charge in [-0.15, -0.1) is 0 Å². The van der Waals surface area contributed by atoms with Gasteiger partial charge in [-0.1, -0.05) is 23.7 Å². The number of aliphatic imine (C=N–C) groups is 1. The van der Waals surface area contributed by atoms with Crippen LogP contribution >= 0.6 is 11.6 Å². The lowest BCUT2D eigenvalue weighted by Crippen LogP contribution is -1.94. The Labute approximate surface area is 97.8 Å². The molecule has 16 heavy (non-hydrogen) atoms. The molecule has 2 rings (SSSR count). The molecule has 0 saturated heterocycles. The lowest BCUT2D eigenvalue weighted by Gasteiger charge is -2.10. The Bertz CT molecular complexity index is 576. The molecule has 1 aromatic carbocycles. The summed E-state index contributed by atoms with van der Waals surface area (Å²) < 4.78 is 0. The fourth-order valence-electron chi connectivity index (χ4n) is 1.68. The third-order valence-electron chi connectivity index (χ3n) is 2.42. The van der Waals surface area contributed by atoms with Gasteiger partial charge in [-0.3, -0.25) is 4.98 Å². The summed E-state index contributed by atoms with van der Waals surface area (Å²) in [5.41, 5.74) is 1.55. The summed E-state index contributed by atoms with van der Waals surface area (Å²) in [5, 5.41) is 1.55. The molecule has 0 radical (unpaired) electrons. The molecule has 1 aromatic heterocycles. The van der Waals surface area contributed by atoms with Gasteiger partial charge in [0.05, 0.1) is 11.6 Å². The van der Waals surface area contributed by atoms with E-state index in [0.717, 1.165) is 16.5 Å². The van der Waals surface area contributed by atoms with E-state index in [-0.39, 0.29) is 6.04 Å². The van der Waals surface area contributed by atoms with E-state index in [9.17, 15) is 4.79 Å². The van der Waals surface area contributed by atoms with Crippen molar-refractivity contribution in [1.82, 2.24) is 4.98 Å². The van der Waals surface area contributed by atoms with Gasteiger partial charge >= 0.3 is 0 Å². The van der Waals surface area contributed by atoms with Crippen molar-refractivity contribution in [2.75, 3.05) is 0 Å². The van der Waals surface area contributed by atoms with Crippen molar-refractivity contribution in [2.45, 2.75) is 13.0 Å². The normalized spacial score (nSPS) is 12.1. The van der Waals surface area contributed by atoms with Crippen LogP contribution in [-0.2, 0) is 4.79 Å². The summed E-state index contributed by atoms with van der Waals surface area (Å²) in [7, 11) is 0. The summed E-state index contributed by atoms with van der Waals surface area (Å²) in [6, 6.07) is 7.15. The Balaban J connectivity index is 2.74. The van der Waals surface area contributed by atoms with Gasteiger partial charge in [-0.2, -0.15) is 4.99 Å². The number of halogens is 1. The molecule has 0 N–H and O–H groups in total. The minimum Gasteiger partial charge on any atom is -0.256 e. The minimum absolute atomic E-state index is 0.330. The number of rotatable bonds is 2. The molecule has 1 heterocycles. The van der Waals surface area contributed by atoms with Gasteiger partial charge < -0.3 is 0 Å². The molecule has 2 aromatic rings. The van der Waals surface area contributed by atoms with Crippen LogP contribution in [0, 0.1) is 0 Å². The van der Waals surface area contributed by atoms with E-state index < -0.39 is 0 Å². The lowest BCUT2D eigenvalue weighted by molar-refractivity contribution is 0.559. The smallest absolute Gasteiger partial charge is 0.235 e. The number of aromatic nitrogens is 1. The third kappa shape index (κ3) is 1.83. The van der Waals surface area contributed by atoms with Gasteiger partial charge in [0.1, 0.15) is 0 Å². The summed E-state index contributed by atoms with van der Waals surface area (Å²) in [6.07, 6.45) is 3.24. The number of fused-ring (bicyclic) bond motifs is 1. The maximum atomic E-state index is 10.3. The molecular weight excluding hydrogens is 224 g/mol. The van der Waals surface area contributed by atoms with Crippen LogP contribution in [0.1, 0.15) is 18.5 Å². The molecule has 0 spiro atoms. The molecule has 1 unspecified atom stereocenters. The first-order chi connectivity index (χ1) is 7.74. The Morgan fingerprint density at radius 3 is 3.00 bits per heavy atom. The molecule has 80 valence electrons. The predicted molar refractivity (Wildman–Crippen MR) is 63.3 cm³/mol. The highest BCUT2D eigenvalue weighted by atomic mass is 35.5. The van der Waals surface area contributed by atoms with Crippen LogP contribution in [0.4, 0.5) is 0 Å². The number of hydrogen-bond acceptors (Lipinski definition) is 3. The topological polar surface area (TPSA) is 42.3 Å². The van der Waals surface area contributed by atoms with E-state index in [0.29, 0.717) is 5.02 Å². The summed E-state index contributed by atoms with van der Waals surface area (Å²) in [5.74, 6) is 0. The van der Waals surface area contributed by atoms with Crippen molar-refractivity contribution in [2.24, 2.45) is 4.99 Å². The number of carbonyl (C=O) groups excluding carboxylic acids is 1. The quantitative estimate of drug-likeness (QED) is 0.589. The Kier molecular flexibility index (Phi) is 3.00. The average Bonchev–Trinajstić information content (AvgIpc) is 2.29. The van der Waals surface area contributed by atoms with Gasteiger partial charge in [-0.25, -0.2) is 4.79 Å². The summed E-state index contributed by atoms with van der Waals surface area (Å²) in [6.45, 7) is 1.79. The van der Waals surface area contributed by atoms with Crippen molar-refractivity contribution < 1.29 is 4.79 Å². The average molecular weight is 233 g/mol.